The zero-order valence-electron chi connectivity index (χ0n) is 7.55. The third-order valence-corrected chi connectivity index (χ3v) is 0.986. The van der Waals surface area contributed by atoms with Crippen molar-refractivity contribution >= 4 is 5.82 Å². The van der Waals surface area contributed by atoms with Crippen LogP contribution in [-0.2, 0) is 0 Å². The quantitative estimate of drug-likeness (QED) is 0.617. The van der Waals surface area contributed by atoms with Crippen molar-refractivity contribution in [2.45, 2.75) is 27.7 Å². The molecule has 0 fully saturated rings. The smallest absolute Gasteiger partial charge is 0.127 e. The Balaban J connectivity index is 0.000000461. The first kappa shape index (κ1) is 9.88. The molecule has 0 aliphatic carbocycles. The molecule has 62 valence electrons. The first-order valence-electron chi connectivity index (χ1n) is 3.76. The van der Waals surface area contributed by atoms with E-state index in [-0.39, 0.29) is 0 Å². The van der Waals surface area contributed by atoms with Gasteiger partial charge in [0.2, 0.25) is 0 Å². The van der Waals surface area contributed by atoms with Crippen LogP contribution < -0.4 is 5.73 Å². The largest absolute Gasteiger partial charge is 0.384 e. The summed E-state index contributed by atoms with van der Waals surface area (Å²) in [5, 5.41) is 0. The summed E-state index contributed by atoms with van der Waals surface area (Å²) >= 11 is 0. The van der Waals surface area contributed by atoms with Gasteiger partial charge in [0.05, 0.1) is 0 Å². The van der Waals surface area contributed by atoms with E-state index in [1.54, 1.807) is 6.07 Å². The number of aromatic nitrogens is 2. The molecule has 0 saturated carbocycles. The minimum Gasteiger partial charge on any atom is -0.384 e. The maximum absolute atomic E-state index is 5.41. The van der Waals surface area contributed by atoms with Crippen molar-refractivity contribution < 1.29 is 0 Å². The van der Waals surface area contributed by atoms with Crippen LogP contribution in [0.5, 0.6) is 0 Å². The van der Waals surface area contributed by atoms with Crippen molar-refractivity contribution in [1.29, 1.82) is 0 Å². The van der Waals surface area contributed by atoms with Gasteiger partial charge in [-0.05, 0) is 13.8 Å². The van der Waals surface area contributed by atoms with Crippen LogP contribution in [0.4, 0.5) is 5.82 Å². The number of aryl methyl sites for hydroxylation is 2. The topological polar surface area (TPSA) is 51.8 Å². The number of anilines is 1. The highest BCUT2D eigenvalue weighted by molar-refractivity contribution is 5.28. The lowest BCUT2D eigenvalue weighted by atomic mass is 10.4. The van der Waals surface area contributed by atoms with E-state index in [0.29, 0.717) is 5.82 Å². The Kier molecular flexibility index (Phi) is 4.18. The Labute approximate surface area is 67.7 Å². The average molecular weight is 153 g/mol. The molecule has 2 N–H and O–H groups in total. The summed E-state index contributed by atoms with van der Waals surface area (Å²) in [7, 11) is 0. The molecule has 0 spiro atoms. The molecule has 0 bridgehead atoms. The van der Waals surface area contributed by atoms with Gasteiger partial charge in [-0.2, -0.15) is 0 Å². The van der Waals surface area contributed by atoms with Crippen molar-refractivity contribution in [2.75, 3.05) is 5.73 Å². The lowest BCUT2D eigenvalue weighted by Gasteiger charge is -1.95. The zero-order chi connectivity index (χ0) is 8.85. The van der Waals surface area contributed by atoms with Crippen molar-refractivity contribution in [2.24, 2.45) is 0 Å². The summed E-state index contributed by atoms with van der Waals surface area (Å²) in [5.41, 5.74) is 6.32. The average Bonchev–Trinajstić information content (AvgIpc) is 1.88. The van der Waals surface area contributed by atoms with E-state index >= 15 is 0 Å². The van der Waals surface area contributed by atoms with Crippen molar-refractivity contribution in [3.05, 3.63) is 17.6 Å². The molecule has 3 nitrogen and oxygen atoms in total. The molecule has 0 unspecified atom stereocenters. The molecule has 0 aliphatic heterocycles. The number of nitrogens with zero attached hydrogens (tertiary/aromatic N) is 2. The standard InChI is InChI=1S/C6H9N3.C2H6/c1-4-3-6(7)9-5(2)8-4;1-2/h3H,1-2H3,(H2,7,8,9);1-2H3. The number of hydrogen-bond donors (Lipinski definition) is 1. The van der Waals surface area contributed by atoms with Crippen molar-refractivity contribution in [1.82, 2.24) is 9.97 Å². The van der Waals surface area contributed by atoms with Crippen molar-refractivity contribution in [3.63, 3.8) is 0 Å². The number of nitrogen functional groups attached to an aromatic ring is 1. The molecule has 3 heteroatoms. The highest BCUT2D eigenvalue weighted by atomic mass is 14.9. The number of nitrogens with two attached hydrogens (primary N) is 1. The van der Waals surface area contributed by atoms with E-state index in [4.69, 9.17) is 5.73 Å². The molecule has 0 aliphatic rings. The lowest BCUT2D eigenvalue weighted by molar-refractivity contribution is 1.02. The van der Waals surface area contributed by atoms with E-state index in [9.17, 15) is 0 Å². The molecule has 0 aromatic carbocycles. The molecular weight excluding hydrogens is 138 g/mol. The Bertz CT molecular complexity index is 170. The Morgan fingerprint density at radius 1 is 1.18 bits per heavy atom. The summed E-state index contributed by atoms with van der Waals surface area (Å²) in [6, 6.07) is 1.74. The van der Waals surface area contributed by atoms with Gasteiger partial charge in [0, 0.05) is 11.8 Å². The van der Waals surface area contributed by atoms with E-state index in [1.165, 1.54) is 0 Å². The van der Waals surface area contributed by atoms with E-state index in [1.807, 2.05) is 27.7 Å². The fourth-order valence-electron chi connectivity index (χ4n) is 0.746. The summed E-state index contributed by atoms with van der Waals surface area (Å²) in [4.78, 5) is 7.94. The summed E-state index contributed by atoms with van der Waals surface area (Å²) in [5.74, 6) is 1.27. The molecule has 11 heavy (non-hydrogen) atoms. The highest BCUT2D eigenvalue weighted by Crippen LogP contribution is 1.99. The Hall–Kier alpha value is -1.12. The van der Waals surface area contributed by atoms with Gasteiger partial charge in [-0.3, -0.25) is 0 Å². The molecule has 0 atom stereocenters. The van der Waals surface area contributed by atoms with Crippen LogP contribution in [0.1, 0.15) is 25.4 Å². The second-order valence-corrected chi connectivity index (χ2v) is 1.98. The van der Waals surface area contributed by atoms with Crippen LogP contribution in [-0.4, -0.2) is 9.97 Å². The number of hydrogen-bond acceptors (Lipinski definition) is 3. The highest BCUT2D eigenvalue weighted by Gasteiger charge is 1.90. The van der Waals surface area contributed by atoms with Crippen LogP contribution in [0.2, 0.25) is 0 Å². The SMILES string of the molecule is CC.Cc1cc(N)nc(C)n1. The van der Waals surface area contributed by atoms with Gasteiger partial charge in [0.15, 0.2) is 0 Å². The third kappa shape index (κ3) is 3.55. The molecule has 0 amide bonds. The lowest BCUT2D eigenvalue weighted by Crippen LogP contribution is -1.96. The zero-order valence-corrected chi connectivity index (χ0v) is 7.55. The predicted molar refractivity (Wildman–Crippen MR) is 47.3 cm³/mol. The minimum absolute atomic E-state index is 0.542. The minimum atomic E-state index is 0.542. The molecular formula is C8H15N3. The van der Waals surface area contributed by atoms with Gasteiger partial charge in [-0.25, -0.2) is 9.97 Å². The van der Waals surface area contributed by atoms with Crippen LogP contribution in [0.25, 0.3) is 0 Å². The maximum Gasteiger partial charge on any atom is 0.127 e. The maximum atomic E-state index is 5.41. The normalized spacial score (nSPS) is 8.36. The summed E-state index contributed by atoms with van der Waals surface area (Å²) in [6.07, 6.45) is 0. The second kappa shape index (κ2) is 4.66. The van der Waals surface area contributed by atoms with E-state index in [2.05, 4.69) is 9.97 Å². The molecule has 0 radical (unpaired) electrons. The Morgan fingerprint density at radius 2 is 1.73 bits per heavy atom. The van der Waals surface area contributed by atoms with Crippen molar-refractivity contribution in [3.8, 4) is 0 Å². The van der Waals surface area contributed by atoms with Crippen LogP contribution in [0, 0.1) is 13.8 Å². The van der Waals surface area contributed by atoms with Gasteiger partial charge in [-0.15, -0.1) is 0 Å². The summed E-state index contributed by atoms with van der Waals surface area (Å²) in [6.45, 7) is 7.72. The van der Waals surface area contributed by atoms with E-state index in [0.717, 1.165) is 11.5 Å². The molecule has 1 aromatic rings. The number of rotatable bonds is 0. The third-order valence-electron chi connectivity index (χ3n) is 0.986. The monoisotopic (exact) mass is 153 g/mol. The van der Waals surface area contributed by atoms with Gasteiger partial charge in [0.1, 0.15) is 11.6 Å². The van der Waals surface area contributed by atoms with Crippen LogP contribution in [0.15, 0.2) is 6.07 Å². The van der Waals surface area contributed by atoms with Gasteiger partial charge in [-0.1, -0.05) is 13.8 Å². The van der Waals surface area contributed by atoms with Crippen LogP contribution >= 0.6 is 0 Å². The molecule has 1 rings (SSSR count). The molecule has 0 saturated heterocycles. The van der Waals surface area contributed by atoms with Gasteiger partial charge >= 0.3 is 0 Å². The molecule has 1 aromatic heterocycles. The second-order valence-electron chi connectivity index (χ2n) is 1.98. The predicted octanol–water partition coefficient (Wildman–Crippen LogP) is 1.70. The van der Waals surface area contributed by atoms with Gasteiger partial charge < -0.3 is 5.73 Å². The first-order valence-corrected chi connectivity index (χ1v) is 3.76. The Morgan fingerprint density at radius 3 is 2.09 bits per heavy atom. The summed E-state index contributed by atoms with van der Waals surface area (Å²) < 4.78 is 0. The van der Waals surface area contributed by atoms with Gasteiger partial charge in [0.25, 0.3) is 0 Å². The molecule has 1 heterocycles. The van der Waals surface area contributed by atoms with E-state index < -0.39 is 0 Å². The fraction of sp³-hybridized carbons (Fsp3) is 0.500. The first-order chi connectivity index (χ1) is 5.18. The fourth-order valence-corrected chi connectivity index (χ4v) is 0.746. The van der Waals surface area contributed by atoms with Crippen LogP contribution in [0.3, 0.4) is 0 Å².